The SMILES string of the molecule is O=C1CCC(C2(O)CN(C(=O)C[C@H]3CN[C@@H](c4c(O)ccc(Cl)c4Cl)C3)C2)N1. The molecule has 152 valence electrons. The van der Waals surface area contributed by atoms with Crippen LogP contribution in [0.15, 0.2) is 12.1 Å². The quantitative estimate of drug-likeness (QED) is 0.584. The number of carbonyl (C=O) groups excluding carboxylic acids is 2. The van der Waals surface area contributed by atoms with Gasteiger partial charge in [0.25, 0.3) is 0 Å². The predicted molar refractivity (Wildman–Crippen MR) is 104 cm³/mol. The first-order valence-electron chi connectivity index (χ1n) is 9.46. The van der Waals surface area contributed by atoms with Crippen molar-refractivity contribution in [3.05, 3.63) is 27.7 Å². The molecule has 9 heteroatoms. The van der Waals surface area contributed by atoms with E-state index in [1.165, 1.54) is 6.07 Å². The van der Waals surface area contributed by atoms with Gasteiger partial charge in [0.2, 0.25) is 11.8 Å². The number of aromatic hydroxyl groups is 1. The van der Waals surface area contributed by atoms with E-state index in [0.717, 1.165) is 0 Å². The summed E-state index contributed by atoms with van der Waals surface area (Å²) in [7, 11) is 0. The highest BCUT2D eigenvalue weighted by Gasteiger charge is 2.51. The number of nitrogens with zero attached hydrogens (tertiary/aromatic N) is 1. The largest absolute Gasteiger partial charge is 0.508 e. The molecule has 1 aromatic carbocycles. The molecule has 0 aliphatic carbocycles. The molecule has 0 spiro atoms. The second-order valence-electron chi connectivity index (χ2n) is 8.07. The number of nitrogens with one attached hydrogen (secondary N) is 2. The number of β-amino-alcohol motifs (C(OH)–C–C–N with tert-alkyl or cyclic N) is 1. The first-order chi connectivity index (χ1) is 13.3. The molecule has 3 aliphatic heterocycles. The van der Waals surface area contributed by atoms with Gasteiger partial charge in [-0.05, 0) is 37.4 Å². The van der Waals surface area contributed by atoms with E-state index in [0.29, 0.717) is 47.8 Å². The summed E-state index contributed by atoms with van der Waals surface area (Å²) in [6, 6.07) is 2.64. The summed E-state index contributed by atoms with van der Waals surface area (Å²) in [6.07, 6.45) is 2.05. The van der Waals surface area contributed by atoms with Crippen LogP contribution in [0.3, 0.4) is 0 Å². The van der Waals surface area contributed by atoms with Gasteiger partial charge < -0.3 is 25.7 Å². The van der Waals surface area contributed by atoms with Crippen molar-refractivity contribution in [1.29, 1.82) is 0 Å². The standard InChI is InChI=1S/C19H23Cl2N3O4/c20-11-1-2-13(25)17(18(11)21)12-5-10(7-22-12)6-16(27)24-8-19(28,9-24)14-3-4-15(26)23-14/h1-2,10,12,14,22,25,28H,3-9H2,(H,23,26)/t10-,12+,14?/m0/s1. The van der Waals surface area contributed by atoms with Crippen molar-refractivity contribution in [2.45, 2.75) is 43.4 Å². The fraction of sp³-hybridized carbons (Fsp3) is 0.579. The third-order valence-corrected chi connectivity index (χ3v) is 6.89. The summed E-state index contributed by atoms with van der Waals surface area (Å²) in [5, 5.41) is 27.6. The lowest BCUT2D eigenvalue weighted by molar-refractivity contribution is -0.161. The van der Waals surface area contributed by atoms with Crippen molar-refractivity contribution < 1.29 is 19.8 Å². The molecule has 0 bridgehead atoms. The Balaban J connectivity index is 1.31. The smallest absolute Gasteiger partial charge is 0.223 e. The number of rotatable bonds is 4. The van der Waals surface area contributed by atoms with Gasteiger partial charge in [-0.25, -0.2) is 0 Å². The highest BCUT2D eigenvalue weighted by Crippen LogP contribution is 2.41. The minimum atomic E-state index is -1.02. The highest BCUT2D eigenvalue weighted by atomic mass is 35.5. The Bertz CT molecular complexity index is 813. The number of hydrogen-bond donors (Lipinski definition) is 4. The van der Waals surface area contributed by atoms with Crippen LogP contribution >= 0.6 is 23.2 Å². The van der Waals surface area contributed by atoms with Crippen molar-refractivity contribution in [2.24, 2.45) is 5.92 Å². The van der Waals surface area contributed by atoms with Crippen LogP contribution in [0, 0.1) is 5.92 Å². The summed E-state index contributed by atoms with van der Waals surface area (Å²) < 4.78 is 0. The molecule has 1 aromatic rings. The average Bonchev–Trinajstić information content (AvgIpc) is 3.25. The molecule has 3 atom stereocenters. The van der Waals surface area contributed by atoms with Gasteiger partial charge in [-0.2, -0.15) is 0 Å². The molecule has 0 radical (unpaired) electrons. The number of benzene rings is 1. The van der Waals surface area contributed by atoms with Crippen LogP contribution in [0.4, 0.5) is 0 Å². The molecule has 4 N–H and O–H groups in total. The zero-order valence-corrected chi connectivity index (χ0v) is 16.8. The molecule has 7 nitrogen and oxygen atoms in total. The molecule has 3 aliphatic rings. The van der Waals surface area contributed by atoms with Gasteiger partial charge in [0.05, 0.1) is 29.2 Å². The fourth-order valence-corrected chi connectivity index (χ4v) is 4.93. The van der Waals surface area contributed by atoms with Crippen LogP contribution in [0.2, 0.25) is 10.0 Å². The minimum absolute atomic E-state index is 0.0112. The summed E-state index contributed by atoms with van der Waals surface area (Å²) >= 11 is 12.3. The van der Waals surface area contributed by atoms with Gasteiger partial charge >= 0.3 is 0 Å². The van der Waals surface area contributed by atoms with Gasteiger partial charge in [-0.15, -0.1) is 0 Å². The lowest BCUT2D eigenvalue weighted by Crippen LogP contribution is -2.70. The molecule has 2 amide bonds. The molecule has 3 fully saturated rings. The Kier molecular flexibility index (Phi) is 5.20. The van der Waals surface area contributed by atoms with E-state index in [2.05, 4.69) is 10.6 Å². The van der Waals surface area contributed by atoms with E-state index in [4.69, 9.17) is 23.2 Å². The van der Waals surface area contributed by atoms with E-state index in [1.54, 1.807) is 11.0 Å². The van der Waals surface area contributed by atoms with E-state index in [9.17, 15) is 19.8 Å². The van der Waals surface area contributed by atoms with Crippen LogP contribution in [0.25, 0.3) is 0 Å². The Morgan fingerprint density at radius 1 is 1.32 bits per heavy atom. The molecule has 3 saturated heterocycles. The van der Waals surface area contributed by atoms with E-state index in [-0.39, 0.29) is 48.7 Å². The third kappa shape index (κ3) is 3.56. The van der Waals surface area contributed by atoms with Gasteiger partial charge in [-0.1, -0.05) is 23.2 Å². The maximum Gasteiger partial charge on any atom is 0.223 e. The van der Waals surface area contributed by atoms with Gasteiger partial charge in [-0.3, -0.25) is 9.59 Å². The maximum absolute atomic E-state index is 12.6. The summed E-state index contributed by atoms with van der Waals surface area (Å²) in [5.74, 6) is 0.134. The normalized spacial score (nSPS) is 28.9. The molecule has 1 unspecified atom stereocenters. The highest BCUT2D eigenvalue weighted by molar-refractivity contribution is 6.42. The number of phenols is 1. The Morgan fingerprint density at radius 2 is 2.07 bits per heavy atom. The van der Waals surface area contributed by atoms with Gasteiger partial charge in [0.1, 0.15) is 11.4 Å². The second-order valence-corrected chi connectivity index (χ2v) is 8.86. The van der Waals surface area contributed by atoms with Crippen LogP contribution in [0.5, 0.6) is 5.75 Å². The van der Waals surface area contributed by atoms with E-state index < -0.39 is 5.60 Å². The van der Waals surface area contributed by atoms with Gasteiger partial charge in [0.15, 0.2) is 0 Å². The van der Waals surface area contributed by atoms with Crippen molar-refractivity contribution >= 4 is 35.0 Å². The Morgan fingerprint density at radius 3 is 2.75 bits per heavy atom. The first kappa shape index (κ1) is 19.8. The van der Waals surface area contributed by atoms with E-state index in [1.807, 2.05) is 0 Å². The summed E-state index contributed by atoms with van der Waals surface area (Å²) in [6.45, 7) is 1.14. The number of aliphatic hydroxyl groups is 1. The number of carbonyl (C=O) groups is 2. The zero-order valence-electron chi connectivity index (χ0n) is 15.3. The molecular weight excluding hydrogens is 405 g/mol. The maximum atomic E-state index is 12.6. The fourth-order valence-electron chi connectivity index (χ4n) is 4.48. The molecular formula is C19H23Cl2N3O4. The molecule has 0 saturated carbocycles. The number of hydrogen-bond acceptors (Lipinski definition) is 5. The van der Waals surface area contributed by atoms with Crippen LogP contribution in [-0.4, -0.2) is 58.2 Å². The van der Waals surface area contributed by atoms with Gasteiger partial charge in [0, 0.05) is 24.4 Å². The average molecular weight is 428 g/mol. The number of amides is 2. The monoisotopic (exact) mass is 427 g/mol. The number of likely N-dealkylation sites (tertiary alicyclic amines) is 1. The summed E-state index contributed by atoms with van der Waals surface area (Å²) in [4.78, 5) is 25.6. The summed E-state index contributed by atoms with van der Waals surface area (Å²) in [5.41, 5.74) is -0.447. The topological polar surface area (TPSA) is 102 Å². The molecule has 28 heavy (non-hydrogen) atoms. The van der Waals surface area contributed by atoms with Crippen molar-refractivity contribution in [1.82, 2.24) is 15.5 Å². The first-order valence-corrected chi connectivity index (χ1v) is 10.2. The number of halogens is 2. The molecule has 4 rings (SSSR count). The van der Waals surface area contributed by atoms with Crippen LogP contribution < -0.4 is 10.6 Å². The zero-order chi connectivity index (χ0) is 20.1. The Labute approximate surface area is 173 Å². The lowest BCUT2D eigenvalue weighted by Gasteiger charge is -2.49. The van der Waals surface area contributed by atoms with Crippen LogP contribution in [-0.2, 0) is 9.59 Å². The van der Waals surface area contributed by atoms with Crippen molar-refractivity contribution in [3.63, 3.8) is 0 Å². The minimum Gasteiger partial charge on any atom is -0.508 e. The van der Waals surface area contributed by atoms with Crippen molar-refractivity contribution in [2.75, 3.05) is 19.6 Å². The Hall–Kier alpha value is -1.54. The lowest BCUT2D eigenvalue weighted by atomic mass is 9.84. The van der Waals surface area contributed by atoms with Crippen LogP contribution in [0.1, 0.15) is 37.3 Å². The van der Waals surface area contributed by atoms with E-state index >= 15 is 0 Å². The molecule has 3 heterocycles. The number of phenolic OH excluding ortho intramolecular Hbond substituents is 1. The third-order valence-electron chi connectivity index (χ3n) is 6.07. The predicted octanol–water partition coefficient (Wildman–Crippen LogP) is 1.59. The molecule has 0 aromatic heterocycles. The second kappa shape index (κ2) is 7.37. The van der Waals surface area contributed by atoms with Crippen molar-refractivity contribution in [3.8, 4) is 5.75 Å².